The first kappa shape index (κ1) is 14.2. The van der Waals surface area contributed by atoms with Crippen LogP contribution in [0.2, 0.25) is 0 Å². The first-order valence-electron chi connectivity index (χ1n) is 7.56. The van der Waals surface area contributed by atoms with Crippen LogP contribution in [0.4, 0.5) is 5.69 Å². The number of aromatic nitrogens is 4. The molecule has 0 aliphatic heterocycles. The minimum Gasteiger partial charge on any atom is -0.351 e. The lowest BCUT2D eigenvalue weighted by molar-refractivity contribution is 0.102. The molecule has 6 nitrogen and oxygen atoms in total. The Bertz CT molecular complexity index is 980. The van der Waals surface area contributed by atoms with Gasteiger partial charge in [0, 0.05) is 23.3 Å². The van der Waals surface area contributed by atoms with E-state index in [1.165, 1.54) is 0 Å². The maximum atomic E-state index is 12.4. The van der Waals surface area contributed by atoms with E-state index in [0.717, 1.165) is 22.5 Å². The highest BCUT2D eigenvalue weighted by molar-refractivity contribution is 6.05. The van der Waals surface area contributed by atoms with Crippen LogP contribution in [0.1, 0.15) is 16.3 Å². The molecule has 3 aromatic heterocycles. The summed E-state index contributed by atoms with van der Waals surface area (Å²) in [4.78, 5) is 24.0. The Labute approximate surface area is 138 Å². The molecule has 0 aliphatic carbocycles. The van der Waals surface area contributed by atoms with Crippen molar-refractivity contribution in [2.75, 3.05) is 5.32 Å². The molecule has 0 fully saturated rings. The van der Waals surface area contributed by atoms with Crippen molar-refractivity contribution in [2.24, 2.45) is 0 Å². The zero-order valence-corrected chi connectivity index (χ0v) is 13.0. The van der Waals surface area contributed by atoms with E-state index in [4.69, 9.17) is 0 Å². The predicted octanol–water partition coefficient (Wildman–Crippen LogP) is 3.31. The van der Waals surface area contributed by atoms with E-state index in [2.05, 4.69) is 20.3 Å². The topological polar surface area (TPSA) is 75.6 Å². The fourth-order valence-electron chi connectivity index (χ4n) is 2.62. The van der Waals surface area contributed by atoms with Crippen LogP contribution in [0.15, 0.2) is 61.1 Å². The fourth-order valence-corrected chi connectivity index (χ4v) is 2.62. The Balaban J connectivity index is 1.54. The molecule has 1 aromatic carbocycles. The summed E-state index contributed by atoms with van der Waals surface area (Å²) in [7, 11) is 0. The van der Waals surface area contributed by atoms with Gasteiger partial charge in [0.25, 0.3) is 5.91 Å². The lowest BCUT2D eigenvalue weighted by Crippen LogP contribution is -2.12. The van der Waals surface area contributed by atoms with Crippen LogP contribution in [0.25, 0.3) is 16.7 Å². The molecule has 0 atom stereocenters. The van der Waals surface area contributed by atoms with E-state index in [-0.39, 0.29) is 5.91 Å². The Morgan fingerprint density at radius 2 is 2.04 bits per heavy atom. The van der Waals surface area contributed by atoms with Crippen molar-refractivity contribution in [1.82, 2.24) is 19.5 Å². The van der Waals surface area contributed by atoms with Crippen molar-refractivity contribution >= 4 is 22.5 Å². The predicted molar refractivity (Wildman–Crippen MR) is 92.3 cm³/mol. The number of rotatable bonds is 3. The summed E-state index contributed by atoms with van der Waals surface area (Å²) in [5.41, 5.74) is 2.10. The summed E-state index contributed by atoms with van der Waals surface area (Å²) in [6.45, 7) is 1.91. The van der Waals surface area contributed by atoms with Gasteiger partial charge in [-0.15, -0.1) is 0 Å². The third kappa shape index (κ3) is 2.54. The molecule has 0 spiro atoms. The Hall–Kier alpha value is -3.41. The fraction of sp³-hybridized carbons (Fsp3) is 0.0556. The molecular weight excluding hydrogens is 302 g/mol. The SMILES string of the molecule is Cc1nccn1-c1ccc(NC(=O)c2cc3ccccc3[nH]2)cn1. The summed E-state index contributed by atoms with van der Waals surface area (Å²) in [6, 6.07) is 13.3. The van der Waals surface area contributed by atoms with E-state index < -0.39 is 0 Å². The molecule has 0 saturated heterocycles. The molecule has 3 heterocycles. The number of carbonyl (C=O) groups is 1. The Morgan fingerprint density at radius 1 is 1.17 bits per heavy atom. The van der Waals surface area contributed by atoms with Gasteiger partial charge in [-0.05, 0) is 31.2 Å². The van der Waals surface area contributed by atoms with Crippen molar-refractivity contribution in [3.63, 3.8) is 0 Å². The number of nitrogens with one attached hydrogen (secondary N) is 2. The maximum absolute atomic E-state index is 12.4. The average molecular weight is 317 g/mol. The van der Waals surface area contributed by atoms with Crippen LogP contribution in [0.3, 0.4) is 0 Å². The van der Waals surface area contributed by atoms with Gasteiger partial charge < -0.3 is 10.3 Å². The van der Waals surface area contributed by atoms with Gasteiger partial charge in [0.15, 0.2) is 0 Å². The average Bonchev–Trinajstić information content (AvgIpc) is 3.21. The normalized spacial score (nSPS) is 10.9. The first-order chi connectivity index (χ1) is 11.7. The number of fused-ring (bicyclic) bond motifs is 1. The Kier molecular flexibility index (Phi) is 3.35. The van der Waals surface area contributed by atoms with Crippen molar-refractivity contribution in [3.8, 4) is 5.82 Å². The van der Waals surface area contributed by atoms with Gasteiger partial charge in [-0.2, -0.15) is 0 Å². The third-order valence-corrected chi connectivity index (χ3v) is 3.85. The van der Waals surface area contributed by atoms with Gasteiger partial charge in [0.1, 0.15) is 17.3 Å². The second-order valence-electron chi connectivity index (χ2n) is 5.47. The second-order valence-corrected chi connectivity index (χ2v) is 5.47. The number of imidazole rings is 1. The largest absolute Gasteiger partial charge is 0.351 e. The van der Waals surface area contributed by atoms with Crippen LogP contribution >= 0.6 is 0 Å². The number of amides is 1. The highest BCUT2D eigenvalue weighted by Crippen LogP contribution is 2.17. The zero-order chi connectivity index (χ0) is 16.5. The van der Waals surface area contributed by atoms with E-state index >= 15 is 0 Å². The minimum atomic E-state index is -0.195. The van der Waals surface area contributed by atoms with Gasteiger partial charge in [0.2, 0.25) is 0 Å². The van der Waals surface area contributed by atoms with E-state index in [1.54, 1.807) is 12.4 Å². The van der Waals surface area contributed by atoms with E-state index in [0.29, 0.717) is 11.4 Å². The molecule has 0 saturated carbocycles. The number of H-pyrrole nitrogens is 1. The van der Waals surface area contributed by atoms with Crippen molar-refractivity contribution < 1.29 is 4.79 Å². The number of carbonyl (C=O) groups excluding carboxylic acids is 1. The van der Waals surface area contributed by atoms with Gasteiger partial charge in [-0.25, -0.2) is 9.97 Å². The monoisotopic (exact) mass is 317 g/mol. The number of hydrogen-bond donors (Lipinski definition) is 2. The number of para-hydroxylation sites is 1. The molecule has 2 N–H and O–H groups in total. The number of hydrogen-bond acceptors (Lipinski definition) is 3. The molecule has 0 unspecified atom stereocenters. The number of nitrogens with zero attached hydrogens (tertiary/aromatic N) is 3. The highest BCUT2D eigenvalue weighted by Gasteiger charge is 2.10. The van der Waals surface area contributed by atoms with Crippen LogP contribution in [0.5, 0.6) is 0 Å². The van der Waals surface area contributed by atoms with E-state index in [9.17, 15) is 4.79 Å². The van der Waals surface area contributed by atoms with Crippen LogP contribution < -0.4 is 5.32 Å². The van der Waals surface area contributed by atoms with Crippen LogP contribution in [-0.2, 0) is 0 Å². The summed E-state index contributed by atoms with van der Waals surface area (Å²) >= 11 is 0. The van der Waals surface area contributed by atoms with Gasteiger partial charge in [-0.3, -0.25) is 9.36 Å². The molecule has 0 bridgehead atoms. The Morgan fingerprint density at radius 3 is 2.75 bits per heavy atom. The highest BCUT2D eigenvalue weighted by atomic mass is 16.1. The summed E-state index contributed by atoms with van der Waals surface area (Å²) in [5, 5.41) is 3.85. The molecular formula is C18H15N5O. The van der Waals surface area contributed by atoms with Crippen LogP contribution in [0, 0.1) is 6.92 Å². The first-order valence-corrected chi connectivity index (χ1v) is 7.56. The lowest BCUT2D eigenvalue weighted by Gasteiger charge is -2.06. The number of aryl methyl sites for hydroxylation is 1. The molecule has 118 valence electrons. The molecule has 4 rings (SSSR count). The summed E-state index contributed by atoms with van der Waals surface area (Å²) in [5.74, 6) is 1.42. The second kappa shape index (κ2) is 5.66. The van der Waals surface area contributed by atoms with Crippen molar-refractivity contribution in [1.29, 1.82) is 0 Å². The molecule has 0 aliphatic rings. The number of aromatic amines is 1. The third-order valence-electron chi connectivity index (χ3n) is 3.85. The van der Waals surface area contributed by atoms with Gasteiger partial charge in [0.05, 0.1) is 11.9 Å². The smallest absolute Gasteiger partial charge is 0.272 e. The number of anilines is 1. The molecule has 1 amide bonds. The number of benzene rings is 1. The van der Waals surface area contributed by atoms with Gasteiger partial charge >= 0.3 is 0 Å². The standard InChI is InChI=1S/C18H15N5O/c1-12-19-8-9-23(12)17-7-6-14(11-20-17)21-18(24)16-10-13-4-2-3-5-15(13)22-16/h2-11,22H,1H3,(H,21,24). The molecule has 24 heavy (non-hydrogen) atoms. The van der Waals surface area contributed by atoms with Crippen LogP contribution in [-0.4, -0.2) is 25.4 Å². The quantitative estimate of drug-likeness (QED) is 0.608. The van der Waals surface area contributed by atoms with Crippen molar-refractivity contribution in [3.05, 3.63) is 72.6 Å². The number of pyridine rings is 1. The molecule has 4 aromatic rings. The van der Waals surface area contributed by atoms with Gasteiger partial charge in [-0.1, -0.05) is 18.2 Å². The molecule has 0 radical (unpaired) electrons. The summed E-state index contributed by atoms with van der Waals surface area (Å²) in [6.07, 6.45) is 5.21. The zero-order valence-electron chi connectivity index (χ0n) is 13.0. The summed E-state index contributed by atoms with van der Waals surface area (Å²) < 4.78 is 1.88. The van der Waals surface area contributed by atoms with E-state index in [1.807, 2.05) is 60.2 Å². The molecule has 6 heteroatoms. The lowest BCUT2D eigenvalue weighted by atomic mass is 10.2. The van der Waals surface area contributed by atoms with Crippen molar-refractivity contribution in [2.45, 2.75) is 6.92 Å². The minimum absolute atomic E-state index is 0.195. The maximum Gasteiger partial charge on any atom is 0.272 e.